The molecule has 19 heavy (non-hydrogen) atoms. The molecule has 0 spiro atoms. The standard InChI is InChI=1S/C14H13N3O2/c1-3-10(4-2)16-13-5-6-14(17(18)19)11-7-8-15-9-12(11)13/h1,5-10,16H,4H2,2H3. The van der Waals surface area contributed by atoms with Gasteiger partial charge in [0.15, 0.2) is 0 Å². The fraction of sp³-hybridized carbons (Fsp3) is 0.214. The number of nitrogens with zero attached hydrogens (tertiary/aromatic N) is 2. The van der Waals surface area contributed by atoms with Gasteiger partial charge in [-0.15, -0.1) is 6.42 Å². The largest absolute Gasteiger partial charge is 0.371 e. The van der Waals surface area contributed by atoms with Crippen molar-refractivity contribution < 1.29 is 4.92 Å². The number of terminal acetylenes is 1. The van der Waals surface area contributed by atoms with Gasteiger partial charge in [-0.3, -0.25) is 15.1 Å². The molecule has 0 radical (unpaired) electrons. The summed E-state index contributed by atoms with van der Waals surface area (Å²) in [6.07, 6.45) is 9.33. The third kappa shape index (κ3) is 2.47. The van der Waals surface area contributed by atoms with Crippen molar-refractivity contribution in [1.82, 2.24) is 4.98 Å². The molecule has 5 nitrogen and oxygen atoms in total. The summed E-state index contributed by atoms with van der Waals surface area (Å²) in [6.45, 7) is 1.98. The lowest BCUT2D eigenvalue weighted by Gasteiger charge is -2.14. The molecule has 2 rings (SSSR count). The van der Waals surface area contributed by atoms with Crippen molar-refractivity contribution in [1.29, 1.82) is 0 Å². The number of nitro benzene ring substituents is 1. The van der Waals surface area contributed by atoms with E-state index in [1.165, 1.54) is 12.3 Å². The van der Waals surface area contributed by atoms with E-state index < -0.39 is 4.92 Å². The Morgan fingerprint density at radius 2 is 2.26 bits per heavy atom. The highest BCUT2D eigenvalue weighted by Crippen LogP contribution is 2.31. The first-order chi connectivity index (χ1) is 9.17. The maximum Gasteiger partial charge on any atom is 0.277 e. The molecular formula is C14H13N3O2. The molecule has 1 heterocycles. The van der Waals surface area contributed by atoms with E-state index in [1.807, 2.05) is 6.92 Å². The van der Waals surface area contributed by atoms with E-state index in [1.54, 1.807) is 18.3 Å². The molecule has 1 aromatic heterocycles. The summed E-state index contributed by atoms with van der Waals surface area (Å²) in [5, 5.41) is 15.4. The predicted molar refractivity (Wildman–Crippen MR) is 74.9 cm³/mol. The minimum Gasteiger partial charge on any atom is -0.371 e. The summed E-state index contributed by atoms with van der Waals surface area (Å²) in [4.78, 5) is 14.6. The van der Waals surface area contributed by atoms with Gasteiger partial charge in [-0.25, -0.2) is 0 Å². The summed E-state index contributed by atoms with van der Waals surface area (Å²) in [5.41, 5.74) is 0.829. The molecule has 0 aliphatic rings. The van der Waals surface area contributed by atoms with Crippen LogP contribution in [-0.4, -0.2) is 15.9 Å². The van der Waals surface area contributed by atoms with Gasteiger partial charge < -0.3 is 5.32 Å². The quantitative estimate of drug-likeness (QED) is 0.518. The summed E-state index contributed by atoms with van der Waals surface area (Å²) in [7, 11) is 0. The minimum absolute atomic E-state index is 0.0664. The second-order valence-electron chi connectivity index (χ2n) is 4.08. The molecule has 0 saturated heterocycles. The second kappa shape index (κ2) is 5.36. The molecule has 1 unspecified atom stereocenters. The molecule has 0 aliphatic carbocycles. The van der Waals surface area contributed by atoms with Gasteiger partial charge >= 0.3 is 0 Å². The Morgan fingerprint density at radius 1 is 1.47 bits per heavy atom. The van der Waals surface area contributed by atoms with E-state index in [9.17, 15) is 10.1 Å². The molecule has 0 bridgehead atoms. The van der Waals surface area contributed by atoms with Gasteiger partial charge in [0.1, 0.15) is 0 Å². The molecule has 2 aromatic rings. The maximum absolute atomic E-state index is 11.0. The number of nitro groups is 1. The molecule has 0 fully saturated rings. The van der Waals surface area contributed by atoms with Crippen molar-refractivity contribution in [3.8, 4) is 12.3 Å². The van der Waals surface area contributed by atoms with Crippen molar-refractivity contribution in [2.45, 2.75) is 19.4 Å². The second-order valence-corrected chi connectivity index (χ2v) is 4.08. The number of pyridine rings is 1. The van der Waals surface area contributed by atoms with Gasteiger partial charge in [0.25, 0.3) is 5.69 Å². The Morgan fingerprint density at radius 3 is 2.89 bits per heavy atom. The first-order valence-electron chi connectivity index (χ1n) is 5.91. The third-order valence-electron chi connectivity index (χ3n) is 2.93. The van der Waals surface area contributed by atoms with Crippen LogP contribution < -0.4 is 5.32 Å². The Kier molecular flexibility index (Phi) is 3.62. The number of hydrogen-bond acceptors (Lipinski definition) is 4. The van der Waals surface area contributed by atoms with E-state index >= 15 is 0 Å². The third-order valence-corrected chi connectivity index (χ3v) is 2.93. The van der Waals surface area contributed by atoms with Gasteiger partial charge in [-0.1, -0.05) is 12.8 Å². The van der Waals surface area contributed by atoms with Crippen LogP contribution in [0, 0.1) is 22.5 Å². The van der Waals surface area contributed by atoms with Crippen LogP contribution in [0.15, 0.2) is 30.6 Å². The number of benzene rings is 1. The predicted octanol–water partition coefficient (Wildman–Crippen LogP) is 2.97. The lowest BCUT2D eigenvalue weighted by Crippen LogP contribution is -2.15. The maximum atomic E-state index is 11.0. The molecule has 0 amide bonds. The van der Waals surface area contributed by atoms with Crippen molar-refractivity contribution >= 4 is 22.1 Å². The molecule has 1 aromatic carbocycles. The first kappa shape index (κ1) is 12.8. The minimum atomic E-state index is -0.398. The highest BCUT2D eigenvalue weighted by molar-refractivity contribution is 5.99. The number of anilines is 1. The van der Waals surface area contributed by atoms with Gasteiger partial charge in [0.2, 0.25) is 0 Å². The van der Waals surface area contributed by atoms with Crippen LogP contribution >= 0.6 is 0 Å². The lowest BCUT2D eigenvalue weighted by molar-refractivity contribution is -0.383. The zero-order chi connectivity index (χ0) is 13.8. The Hall–Kier alpha value is -2.61. The Balaban J connectivity index is 2.56. The van der Waals surface area contributed by atoms with Crippen molar-refractivity contribution in [2.24, 2.45) is 0 Å². The Labute approximate surface area is 110 Å². The lowest BCUT2D eigenvalue weighted by atomic mass is 10.1. The van der Waals surface area contributed by atoms with Gasteiger partial charge in [-0.05, 0) is 18.6 Å². The smallest absolute Gasteiger partial charge is 0.277 e. The van der Waals surface area contributed by atoms with E-state index in [-0.39, 0.29) is 11.7 Å². The number of fused-ring (bicyclic) bond motifs is 1. The SMILES string of the molecule is C#CC(CC)Nc1ccc([N+](=O)[O-])c2ccncc12. The van der Waals surface area contributed by atoms with Crippen LogP contribution in [0.1, 0.15) is 13.3 Å². The monoisotopic (exact) mass is 255 g/mol. The fourth-order valence-electron chi connectivity index (χ4n) is 1.91. The number of hydrogen-bond donors (Lipinski definition) is 1. The van der Waals surface area contributed by atoms with Crippen LogP contribution in [0.4, 0.5) is 11.4 Å². The molecule has 96 valence electrons. The van der Waals surface area contributed by atoms with Gasteiger partial charge in [0.05, 0.1) is 16.4 Å². The topological polar surface area (TPSA) is 68.1 Å². The van der Waals surface area contributed by atoms with E-state index in [2.05, 4.69) is 16.2 Å². The van der Waals surface area contributed by atoms with Crippen molar-refractivity contribution in [3.05, 3.63) is 40.7 Å². The number of aromatic nitrogens is 1. The van der Waals surface area contributed by atoms with Crippen LogP contribution in [-0.2, 0) is 0 Å². The fourth-order valence-corrected chi connectivity index (χ4v) is 1.91. The van der Waals surface area contributed by atoms with E-state index in [4.69, 9.17) is 6.42 Å². The zero-order valence-electron chi connectivity index (χ0n) is 10.5. The van der Waals surface area contributed by atoms with Gasteiger partial charge in [0, 0.05) is 29.5 Å². The average Bonchev–Trinajstić information content (AvgIpc) is 2.44. The molecule has 5 heteroatoms. The molecular weight excluding hydrogens is 242 g/mol. The van der Waals surface area contributed by atoms with Crippen LogP contribution in [0.2, 0.25) is 0 Å². The highest BCUT2D eigenvalue weighted by atomic mass is 16.6. The van der Waals surface area contributed by atoms with E-state index in [0.29, 0.717) is 10.8 Å². The van der Waals surface area contributed by atoms with E-state index in [0.717, 1.165) is 12.1 Å². The van der Waals surface area contributed by atoms with Crippen LogP contribution in [0.5, 0.6) is 0 Å². The molecule has 1 N–H and O–H groups in total. The van der Waals surface area contributed by atoms with Gasteiger partial charge in [-0.2, -0.15) is 0 Å². The average molecular weight is 255 g/mol. The number of non-ortho nitro benzene ring substituents is 1. The van der Waals surface area contributed by atoms with Crippen LogP contribution in [0.3, 0.4) is 0 Å². The summed E-state index contributed by atoms with van der Waals surface area (Å²) in [6, 6.07) is 4.68. The normalized spacial score (nSPS) is 11.8. The zero-order valence-corrected chi connectivity index (χ0v) is 10.5. The number of rotatable bonds is 4. The highest BCUT2D eigenvalue weighted by Gasteiger charge is 2.15. The summed E-state index contributed by atoms with van der Waals surface area (Å²) < 4.78 is 0. The van der Waals surface area contributed by atoms with Crippen LogP contribution in [0.25, 0.3) is 10.8 Å². The van der Waals surface area contributed by atoms with Crippen molar-refractivity contribution in [2.75, 3.05) is 5.32 Å². The Bertz CT molecular complexity index is 661. The molecule has 1 atom stereocenters. The number of nitrogens with one attached hydrogen (secondary N) is 1. The molecule has 0 aliphatic heterocycles. The first-order valence-corrected chi connectivity index (χ1v) is 5.91. The summed E-state index contributed by atoms with van der Waals surface area (Å²) in [5.74, 6) is 2.64. The molecule has 0 saturated carbocycles. The van der Waals surface area contributed by atoms with Crippen molar-refractivity contribution in [3.63, 3.8) is 0 Å². The summed E-state index contributed by atoms with van der Waals surface area (Å²) >= 11 is 0.